The molecule has 1 aromatic rings. The van der Waals surface area contributed by atoms with Crippen LogP contribution in [0.15, 0.2) is 36.4 Å². The normalized spacial score (nSPS) is 19.0. The fourth-order valence-corrected chi connectivity index (χ4v) is 2.05. The van der Waals surface area contributed by atoms with E-state index in [1.54, 1.807) is 6.08 Å². The molecule has 1 N–H and O–H groups in total. The smallest absolute Gasteiger partial charge is 0.243 e. The Kier molecular flexibility index (Phi) is 3.94. The first kappa shape index (κ1) is 11.9. The Morgan fingerprint density at radius 3 is 3.18 bits per heavy atom. The first-order valence-electron chi connectivity index (χ1n) is 5.91. The molecule has 0 spiro atoms. The molecular formula is C14H17NO2. The van der Waals surface area contributed by atoms with Gasteiger partial charge in [-0.25, -0.2) is 0 Å². The number of allylic oxidation sites excluding steroid dienone is 1. The van der Waals surface area contributed by atoms with E-state index in [2.05, 4.69) is 17.4 Å². The topological polar surface area (TPSA) is 38.3 Å². The van der Waals surface area contributed by atoms with Crippen molar-refractivity contribution in [1.82, 2.24) is 5.32 Å². The number of nitrogens with one attached hydrogen (secondary N) is 1. The number of benzene rings is 1. The summed E-state index contributed by atoms with van der Waals surface area (Å²) >= 11 is 0. The van der Waals surface area contributed by atoms with E-state index in [1.165, 1.54) is 17.2 Å². The monoisotopic (exact) mass is 231 g/mol. The molecule has 0 aliphatic carbocycles. The van der Waals surface area contributed by atoms with Crippen LogP contribution in [-0.2, 0) is 16.0 Å². The number of carbonyl (C=O) groups is 1. The van der Waals surface area contributed by atoms with E-state index >= 15 is 0 Å². The molecule has 17 heavy (non-hydrogen) atoms. The van der Waals surface area contributed by atoms with Gasteiger partial charge in [0.25, 0.3) is 0 Å². The van der Waals surface area contributed by atoms with Crippen molar-refractivity contribution in [1.29, 1.82) is 0 Å². The molecule has 0 radical (unpaired) electrons. The Morgan fingerprint density at radius 1 is 1.53 bits per heavy atom. The maximum absolute atomic E-state index is 11.3. The third-order valence-electron chi connectivity index (χ3n) is 2.87. The van der Waals surface area contributed by atoms with E-state index in [0.29, 0.717) is 6.54 Å². The highest BCUT2D eigenvalue weighted by Gasteiger charge is 2.20. The fraction of sp³-hybridized carbons (Fsp3) is 0.357. The summed E-state index contributed by atoms with van der Waals surface area (Å²) in [6.07, 6.45) is 4.18. The molecule has 1 atom stereocenters. The van der Waals surface area contributed by atoms with Crippen molar-refractivity contribution < 1.29 is 9.53 Å². The van der Waals surface area contributed by atoms with Gasteiger partial charge in [-0.1, -0.05) is 30.3 Å². The second-order valence-corrected chi connectivity index (χ2v) is 4.05. The van der Waals surface area contributed by atoms with Crippen LogP contribution >= 0.6 is 0 Å². The lowest BCUT2D eigenvalue weighted by molar-refractivity contribution is -0.117. The summed E-state index contributed by atoms with van der Waals surface area (Å²) in [4.78, 5) is 11.3. The molecule has 3 heteroatoms. The zero-order valence-corrected chi connectivity index (χ0v) is 9.98. The fourth-order valence-electron chi connectivity index (χ4n) is 2.05. The minimum absolute atomic E-state index is 0.0193. The largest absolute Gasteiger partial charge is 0.371 e. The van der Waals surface area contributed by atoms with Crippen molar-refractivity contribution in [2.75, 3.05) is 13.2 Å². The molecule has 0 aromatic heterocycles. The van der Waals surface area contributed by atoms with Gasteiger partial charge in [0.15, 0.2) is 0 Å². The highest BCUT2D eigenvalue weighted by molar-refractivity contribution is 5.87. The molecule has 1 amide bonds. The standard InChI is InChI=1S/C14H17NO2/c1-2-5-14(16)15-10-13-12-7-4-3-6-11(12)8-9-17-13/h2-7,13H,8-10H2,1H3,(H,15,16)/b5-2-/t13-/m1/s1. The molecule has 0 saturated heterocycles. The summed E-state index contributed by atoms with van der Waals surface area (Å²) in [5, 5.41) is 2.84. The Labute approximate surface area is 101 Å². The number of hydrogen-bond donors (Lipinski definition) is 1. The van der Waals surface area contributed by atoms with Gasteiger partial charge in [-0.3, -0.25) is 4.79 Å². The minimum Gasteiger partial charge on any atom is -0.371 e. The van der Waals surface area contributed by atoms with Crippen molar-refractivity contribution in [2.24, 2.45) is 0 Å². The summed E-state index contributed by atoms with van der Waals surface area (Å²) in [5.74, 6) is -0.0702. The maximum atomic E-state index is 11.3. The van der Waals surface area contributed by atoms with Gasteiger partial charge in [0.05, 0.1) is 6.61 Å². The van der Waals surface area contributed by atoms with Gasteiger partial charge in [0, 0.05) is 6.54 Å². The highest BCUT2D eigenvalue weighted by atomic mass is 16.5. The number of rotatable bonds is 3. The van der Waals surface area contributed by atoms with Gasteiger partial charge in [-0.05, 0) is 30.5 Å². The Balaban J connectivity index is 2.01. The molecule has 1 aromatic carbocycles. The predicted octanol–water partition coefficient (Wildman–Crippen LogP) is 1.99. The first-order chi connectivity index (χ1) is 8.31. The number of fused-ring (bicyclic) bond motifs is 1. The molecular weight excluding hydrogens is 214 g/mol. The van der Waals surface area contributed by atoms with E-state index in [-0.39, 0.29) is 12.0 Å². The van der Waals surface area contributed by atoms with Gasteiger partial charge in [0.2, 0.25) is 5.91 Å². The predicted molar refractivity (Wildman–Crippen MR) is 66.7 cm³/mol. The SMILES string of the molecule is C/C=C\C(=O)NC[C@H]1OCCc2ccccc21. The molecule has 1 aliphatic heterocycles. The Morgan fingerprint density at radius 2 is 2.35 bits per heavy atom. The van der Waals surface area contributed by atoms with Crippen LogP contribution in [-0.4, -0.2) is 19.1 Å². The lowest BCUT2D eigenvalue weighted by atomic mass is 9.97. The number of ether oxygens (including phenoxy) is 1. The van der Waals surface area contributed by atoms with Crippen LogP contribution < -0.4 is 5.32 Å². The summed E-state index contributed by atoms with van der Waals surface area (Å²) < 4.78 is 5.69. The van der Waals surface area contributed by atoms with Crippen molar-refractivity contribution in [3.8, 4) is 0 Å². The van der Waals surface area contributed by atoms with Crippen molar-refractivity contribution in [3.63, 3.8) is 0 Å². The summed E-state index contributed by atoms with van der Waals surface area (Å²) in [6.45, 7) is 3.08. The average molecular weight is 231 g/mol. The van der Waals surface area contributed by atoms with Crippen LogP contribution in [0, 0.1) is 0 Å². The minimum atomic E-state index is -0.0702. The van der Waals surface area contributed by atoms with Gasteiger partial charge in [-0.15, -0.1) is 0 Å². The number of carbonyl (C=O) groups excluding carboxylic acids is 1. The summed E-state index contributed by atoms with van der Waals surface area (Å²) in [5.41, 5.74) is 2.52. The second kappa shape index (κ2) is 5.64. The lowest BCUT2D eigenvalue weighted by Gasteiger charge is -2.26. The van der Waals surface area contributed by atoms with Crippen LogP contribution in [0.3, 0.4) is 0 Å². The molecule has 0 fully saturated rings. The highest BCUT2D eigenvalue weighted by Crippen LogP contribution is 2.25. The van der Waals surface area contributed by atoms with Gasteiger partial charge >= 0.3 is 0 Å². The van der Waals surface area contributed by atoms with Crippen LogP contribution in [0.5, 0.6) is 0 Å². The molecule has 0 unspecified atom stereocenters. The summed E-state index contributed by atoms with van der Waals surface area (Å²) in [6, 6.07) is 8.24. The molecule has 1 heterocycles. The van der Waals surface area contributed by atoms with E-state index in [4.69, 9.17) is 4.74 Å². The molecule has 0 saturated carbocycles. The second-order valence-electron chi connectivity index (χ2n) is 4.05. The van der Waals surface area contributed by atoms with E-state index in [1.807, 2.05) is 19.1 Å². The van der Waals surface area contributed by atoms with Gasteiger partial charge in [0.1, 0.15) is 6.10 Å². The van der Waals surface area contributed by atoms with Crippen LogP contribution in [0.2, 0.25) is 0 Å². The third-order valence-corrected chi connectivity index (χ3v) is 2.87. The number of amides is 1. The zero-order valence-electron chi connectivity index (χ0n) is 9.98. The Bertz CT molecular complexity index is 426. The van der Waals surface area contributed by atoms with Crippen LogP contribution in [0.1, 0.15) is 24.2 Å². The first-order valence-corrected chi connectivity index (χ1v) is 5.91. The van der Waals surface area contributed by atoms with Crippen LogP contribution in [0.25, 0.3) is 0 Å². The third kappa shape index (κ3) is 2.94. The van der Waals surface area contributed by atoms with Gasteiger partial charge < -0.3 is 10.1 Å². The molecule has 3 nitrogen and oxygen atoms in total. The molecule has 1 aliphatic rings. The summed E-state index contributed by atoms with van der Waals surface area (Å²) in [7, 11) is 0. The van der Waals surface area contributed by atoms with Crippen molar-refractivity contribution >= 4 is 5.91 Å². The van der Waals surface area contributed by atoms with Crippen molar-refractivity contribution in [3.05, 3.63) is 47.5 Å². The average Bonchev–Trinajstić information content (AvgIpc) is 2.36. The zero-order chi connectivity index (χ0) is 12.1. The quantitative estimate of drug-likeness (QED) is 0.808. The Hall–Kier alpha value is -1.61. The lowest BCUT2D eigenvalue weighted by Crippen LogP contribution is -2.30. The van der Waals surface area contributed by atoms with Gasteiger partial charge in [-0.2, -0.15) is 0 Å². The van der Waals surface area contributed by atoms with E-state index < -0.39 is 0 Å². The van der Waals surface area contributed by atoms with E-state index in [9.17, 15) is 4.79 Å². The van der Waals surface area contributed by atoms with Crippen LogP contribution in [0.4, 0.5) is 0 Å². The molecule has 0 bridgehead atoms. The molecule has 90 valence electrons. The van der Waals surface area contributed by atoms with E-state index in [0.717, 1.165) is 13.0 Å². The van der Waals surface area contributed by atoms with Crippen molar-refractivity contribution in [2.45, 2.75) is 19.4 Å². The molecule has 2 rings (SSSR count). The number of hydrogen-bond acceptors (Lipinski definition) is 2. The maximum Gasteiger partial charge on any atom is 0.243 e.